The molecule has 1 aromatic carbocycles. The molecule has 2 aliphatic rings. The van der Waals surface area contributed by atoms with Gasteiger partial charge in [0.1, 0.15) is 10.8 Å². The molecule has 2 fully saturated rings. The topological polar surface area (TPSA) is 19.4 Å². The summed E-state index contributed by atoms with van der Waals surface area (Å²) >= 11 is 1.76. The van der Waals surface area contributed by atoms with Gasteiger partial charge in [0.2, 0.25) is 0 Å². The van der Waals surface area contributed by atoms with E-state index in [1.165, 1.54) is 62.4 Å². The fourth-order valence-electron chi connectivity index (χ4n) is 4.24. The van der Waals surface area contributed by atoms with Crippen molar-refractivity contribution < 1.29 is 4.39 Å². The zero-order valence-electron chi connectivity index (χ0n) is 14.7. The fourth-order valence-corrected chi connectivity index (χ4v) is 4.90. The summed E-state index contributed by atoms with van der Waals surface area (Å²) in [7, 11) is 0. The SMILES string of the molecule is Fc1ccc(CN2CCC3(CC2)CCN(Cc2nccs2)CC3)cc1. The first-order valence-corrected chi connectivity index (χ1v) is 10.2. The minimum Gasteiger partial charge on any atom is -0.299 e. The lowest BCUT2D eigenvalue weighted by Crippen LogP contribution is -2.46. The maximum absolute atomic E-state index is 13.0. The zero-order valence-corrected chi connectivity index (χ0v) is 15.5. The molecule has 0 unspecified atom stereocenters. The van der Waals surface area contributed by atoms with Crippen molar-refractivity contribution in [3.05, 3.63) is 52.2 Å². The molecule has 134 valence electrons. The average molecular weight is 360 g/mol. The first-order chi connectivity index (χ1) is 12.2. The fraction of sp³-hybridized carbons (Fsp3) is 0.550. The standard InChI is InChI=1S/C20H26FN3S/c21-18-3-1-17(2-4-18)15-23-10-5-20(6-11-23)7-12-24(13-8-20)16-19-22-9-14-25-19/h1-4,9,14H,5-8,10-13,15-16H2. The van der Waals surface area contributed by atoms with E-state index in [0.717, 1.165) is 13.1 Å². The van der Waals surface area contributed by atoms with Gasteiger partial charge in [-0.2, -0.15) is 0 Å². The van der Waals surface area contributed by atoms with Crippen LogP contribution >= 0.6 is 11.3 Å². The normalized spacial score (nSPS) is 21.6. The molecule has 25 heavy (non-hydrogen) atoms. The van der Waals surface area contributed by atoms with Gasteiger partial charge in [0, 0.05) is 18.1 Å². The number of benzene rings is 1. The zero-order chi connectivity index (χ0) is 17.1. The Hall–Kier alpha value is -1.30. The second kappa shape index (κ2) is 7.52. The largest absolute Gasteiger partial charge is 0.299 e. The van der Waals surface area contributed by atoms with Crippen LogP contribution in [0.2, 0.25) is 0 Å². The monoisotopic (exact) mass is 359 g/mol. The first kappa shape index (κ1) is 17.1. The van der Waals surface area contributed by atoms with Crippen molar-refractivity contribution in [2.75, 3.05) is 26.2 Å². The van der Waals surface area contributed by atoms with Gasteiger partial charge in [-0.1, -0.05) is 12.1 Å². The number of hydrogen-bond acceptors (Lipinski definition) is 4. The van der Waals surface area contributed by atoms with Crippen molar-refractivity contribution in [3.63, 3.8) is 0 Å². The molecule has 0 amide bonds. The van der Waals surface area contributed by atoms with Crippen LogP contribution < -0.4 is 0 Å². The predicted octanol–water partition coefficient (Wildman–Crippen LogP) is 4.16. The van der Waals surface area contributed by atoms with Crippen molar-refractivity contribution >= 4 is 11.3 Å². The number of likely N-dealkylation sites (tertiary alicyclic amines) is 2. The summed E-state index contributed by atoms with van der Waals surface area (Å²) in [6, 6.07) is 6.96. The summed E-state index contributed by atoms with van der Waals surface area (Å²) in [5.41, 5.74) is 1.77. The van der Waals surface area contributed by atoms with E-state index in [4.69, 9.17) is 0 Å². The third-order valence-corrected chi connectivity index (χ3v) is 6.76. The Labute approximate surface area is 153 Å². The summed E-state index contributed by atoms with van der Waals surface area (Å²) in [4.78, 5) is 9.51. The second-order valence-corrected chi connectivity index (χ2v) is 8.58. The van der Waals surface area contributed by atoms with Gasteiger partial charge >= 0.3 is 0 Å². The maximum Gasteiger partial charge on any atom is 0.123 e. The quantitative estimate of drug-likeness (QED) is 0.817. The summed E-state index contributed by atoms with van der Waals surface area (Å²) < 4.78 is 13.0. The Morgan fingerprint density at radius 1 is 0.920 bits per heavy atom. The van der Waals surface area contributed by atoms with Crippen LogP contribution in [-0.2, 0) is 13.1 Å². The van der Waals surface area contributed by atoms with Gasteiger partial charge in [0.15, 0.2) is 0 Å². The Kier molecular flexibility index (Phi) is 5.15. The lowest BCUT2D eigenvalue weighted by molar-refractivity contribution is 0.0299. The Bertz CT molecular complexity index is 653. The molecular weight excluding hydrogens is 333 g/mol. The molecule has 3 heterocycles. The molecule has 4 rings (SSSR count). The van der Waals surface area contributed by atoms with Gasteiger partial charge in [-0.3, -0.25) is 9.80 Å². The van der Waals surface area contributed by atoms with E-state index in [-0.39, 0.29) is 5.82 Å². The molecule has 2 saturated heterocycles. The molecule has 5 heteroatoms. The Morgan fingerprint density at radius 3 is 2.08 bits per heavy atom. The number of hydrogen-bond donors (Lipinski definition) is 0. The lowest BCUT2D eigenvalue weighted by atomic mass is 9.71. The van der Waals surface area contributed by atoms with Gasteiger partial charge < -0.3 is 0 Å². The van der Waals surface area contributed by atoms with Crippen LogP contribution in [0.3, 0.4) is 0 Å². The first-order valence-electron chi connectivity index (χ1n) is 9.28. The van der Waals surface area contributed by atoms with Crippen LogP contribution in [-0.4, -0.2) is 41.0 Å². The summed E-state index contributed by atoms with van der Waals surface area (Å²) in [5.74, 6) is -0.147. The highest BCUT2D eigenvalue weighted by Gasteiger charge is 2.37. The molecule has 1 spiro atoms. The molecular formula is C20H26FN3S. The van der Waals surface area contributed by atoms with Gasteiger partial charge in [-0.15, -0.1) is 11.3 Å². The third kappa shape index (κ3) is 4.27. The van der Waals surface area contributed by atoms with E-state index < -0.39 is 0 Å². The highest BCUT2D eigenvalue weighted by atomic mass is 32.1. The molecule has 0 N–H and O–H groups in total. The predicted molar refractivity (Wildman–Crippen MR) is 100.0 cm³/mol. The lowest BCUT2D eigenvalue weighted by Gasteiger charge is -2.47. The van der Waals surface area contributed by atoms with Crippen LogP contribution in [0, 0.1) is 11.2 Å². The van der Waals surface area contributed by atoms with Crippen LogP contribution in [0.5, 0.6) is 0 Å². The number of thiazole rings is 1. The highest BCUT2D eigenvalue weighted by Crippen LogP contribution is 2.41. The van der Waals surface area contributed by atoms with Crippen molar-refractivity contribution in [2.45, 2.75) is 38.8 Å². The molecule has 3 nitrogen and oxygen atoms in total. The number of halogens is 1. The van der Waals surface area contributed by atoms with E-state index in [1.54, 1.807) is 23.5 Å². The second-order valence-electron chi connectivity index (χ2n) is 7.60. The summed E-state index contributed by atoms with van der Waals surface area (Å²) in [6.07, 6.45) is 7.16. The van der Waals surface area contributed by atoms with Gasteiger partial charge in [0.25, 0.3) is 0 Å². The molecule has 0 bridgehead atoms. The van der Waals surface area contributed by atoms with Crippen LogP contribution in [0.4, 0.5) is 4.39 Å². The minimum atomic E-state index is -0.147. The highest BCUT2D eigenvalue weighted by molar-refractivity contribution is 7.09. The van der Waals surface area contributed by atoms with Crippen molar-refractivity contribution in [1.82, 2.24) is 14.8 Å². The number of nitrogens with zero attached hydrogens (tertiary/aromatic N) is 3. The number of piperidine rings is 2. The van der Waals surface area contributed by atoms with Crippen molar-refractivity contribution in [3.8, 4) is 0 Å². The van der Waals surface area contributed by atoms with E-state index in [2.05, 4.69) is 20.2 Å². The van der Waals surface area contributed by atoms with E-state index in [1.807, 2.05) is 18.3 Å². The number of aromatic nitrogens is 1. The molecule has 1 aromatic heterocycles. The molecule has 2 aromatic rings. The Balaban J connectivity index is 1.25. The third-order valence-electron chi connectivity index (χ3n) is 6.00. The average Bonchev–Trinajstić information content (AvgIpc) is 3.14. The van der Waals surface area contributed by atoms with E-state index in [9.17, 15) is 4.39 Å². The molecule has 0 atom stereocenters. The number of rotatable bonds is 4. The molecule has 0 aliphatic carbocycles. The maximum atomic E-state index is 13.0. The van der Waals surface area contributed by atoms with Crippen LogP contribution in [0.15, 0.2) is 35.8 Å². The Morgan fingerprint density at radius 2 is 1.52 bits per heavy atom. The van der Waals surface area contributed by atoms with E-state index >= 15 is 0 Å². The van der Waals surface area contributed by atoms with Crippen molar-refractivity contribution in [2.24, 2.45) is 5.41 Å². The molecule has 2 aliphatic heterocycles. The van der Waals surface area contributed by atoms with Crippen LogP contribution in [0.25, 0.3) is 0 Å². The van der Waals surface area contributed by atoms with Gasteiger partial charge in [0.05, 0.1) is 6.54 Å². The van der Waals surface area contributed by atoms with Gasteiger partial charge in [-0.25, -0.2) is 9.37 Å². The molecule has 0 saturated carbocycles. The van der Waals surface area contributed by atoms with Crippen molar-refractivity contribution in [1.29, 1.82) is 0 Å². The minimum absolute atomic E-state index is 0.147. The van der Waals surface area contributed by atoms with Gasteiger partial charge in [-0.05, 0) is 75.0 Å². The van der Waals surface area contributed by atoms with E-state index in [0.29, 0.717) is 5.41 Å². The smallest absolute Gasteiger partial charge is 0.123 e. The summed E-state index contributed by atoms with van der Waals surface area (Å²) in [5, 5.41) is 3.31. The summed E-state index contributed by atoms with van der Waals surface area (Å²) in [6.45, 7) is 6.72. The molecule has 0 radical (unpaired) electrons. The van der Waals surface area contributed by atoms with Crippen LogP contribution in [0.1, 0.15) is 36.3 Å².